The van der Waals surface area contributed by atoms with Crippen molar-refractivity contribution in [3.05, 3.63) is 64.2 Å². The quantitative estimate of drug-likeness (QED) is 0.590. The summed E-state index contributed by atoms with van der Waals surface area (Å²) < 4.78 is 26.4. The van der Waals surface area contributed by atoms with Gasteiger partial charge in [0.25, 0.3) is 0 Å². The normalized spacial score (nSPS) is 15.5. The number of nitrogens with one attached hydrogen (secondary N) is 1. The maximum atomic E-state index is 13.1. The summed E-state index contributed by atoms with van der Waals surface area (Å²) in [5.41, 5.74) is 3.44. The van der Waals surface area contributed by atoms with E-state index in [0.717, 1.165) is 41.3 Å². The summed E-state index contributed by atoms with van der Waals surface area (Å²) in [5.74, 6) is -0.334. The number of rotatable bonds is 9. The first-order chi connectivity index (χ1) is 15.2. The van der Waals surface area contributed by atoms with Gasteiger partial charge in [-0.05, 0) is 68.1 Å². The molecule has 1 amide bonds. The van der Waals surface area contributed by atoms with Crippen LogP contribution in [-0.2, 0) is 27.9 Å². The molecule has 1 atom stereocenters. The number of hydrogen-bond acceptors (Lipinski definition) is 4. The first kappa shape index (κ1) is 24.6. The van der Waals surface area contributed by atoms with Crippen molar-refractivity contribution in [1.82, 2.24) is 10.2 Å². The number of aryl methyl sites for hydroxylation is 1. The van der Waals surface area contributed by atoms with Gasteiger partial charge in [0.1, 0.15) is 6.04 Å². The lowest BCUT2D eigenvalue weighted by atomic mass is 10.1. The van der Waals surface area contributed by atoms with Gasteiger partial charge in [0, 0.05) is 18.1 Å². The third kappa shape index (κ3) is 6.24. The number of halogens is 1. The van der Waals surface area contributed by atoms with Gasteiger partial charge in [-0.3, -0.25) is 14.0 Å². The molecule has 0 spiro atoms. The number of amides is 1. The summed E-state index contributed by atoms with van der Waals surface area (Å²) >= 11 is 6.23. The van der Waals surface area contributed by atoms with E-state index in [0.29, 0.717) is 23.7 Å². The molecule has 1 aliphatic heterocycles. The molecule has 0 unspecified atom stereocenters. The molecule has 8 heteroatoms. The zero-order valence-corrected chi connectivity index (χ0v) is 20.5. The van der Waals surface area contributed by atoms with Gasteiger partial charge < -0.3 is 5.32 Å². The Labute approximate surface area is 196 Å². The molecule has 1 fully saturated rings. The molecular weight excluding hydrogens is 446 g/mol. The standard InChI is InChI=1S/C24H32ClN3O3S/c1-4-23(28(32(3,30)31)21-11-10-18(2)22(25)15-21)24(29)26-16-19-8-7-9-20(14-19)17-27-12-5-6-13-27/h7-11,14-15,23H,4-6,12-13,16-17H2,1-3H3,(H,26,29)/t23-/m1/s1. The van der Waals surface area contributed by atoms with Crippen LogP contribution in [0.5, 0.6) is 0 Å². The van der Waals surface area contributed by atoms with E-state index in [1.807, 2.05) is 19.1 Å². The van der Waals surface area contributed by atoms with Crippen LogP contribution in [0.2, 0.25) is 5.02 Å². The first-order valence-electron chi connectivity index (χ1n) is 11.0. The van der Waals surface area contributed by atoms with E-state index < -0.39 is 16.1 Å². The highest BCUT2D eigenvalue weighted by Gasteiger charge is 2.31. The number of nitrogens with zero attached hydrogens (tertiary/aromatic N) is 2. The molecule has 6 nitrogen and oxygen atoms in total. The predicted octanol–water partition coefficient (Wildman–Crippen LogP) is 4.11. The average molecular weight is 478 g/mol. The molecule has 3 rings (SSSR count). The molecule has 1 saturated heterocycles. The van der Waals surface area contributed by atoms with Crippen molar-refractivity contribution in [3.8, 4) is 0 Å². The van der Waals surface area contributed by atoms with Gasteiger partial charge in [0.05, 0.1) is 11.9 Å². The van der Waals surface area contributed by atoms with Gasteiger partial charge in [0.15, 0.2) is 0 Å². The van der Waals surface area contributed by atoms with E-state index in [1.165, 1.54) is 18.4 Å². The van der Waals surface area contributed by atoms with Crippen molar-refractivity contribution < 1.29 is 13.2 Å². The molecule has 0 radical (unpaired) electrons. The van der Waals surface area contributed by atoms with Crippen LogP contribution in [0.1, 0.15) is 42.9 Å². The van der Waals surface area contributed by atoms with Crippen molar-refractivity contribution in [2.45, 2.75) is 52.2 Å². The van der Waals surface area contributed by atoms with Crippen LogP contribution >= 0.6 is 11.6 Å². The van der Waals surface area contributed by atoms with Crippen LogP contribution in [0.25, 0.3) is 0 Å². The summed E-state index contributed by atoms with van der Waals surface area (Å²) in [6.45, 7) is 7.16. The summed E-state index contributed by atoms with van der Waals surface area (Å²) in [5, 5.41) is 3.39. The maximum absolute atomic E-state index is 13.1. The molecule has 1 N–H and O–H groups in total. The lowest BCUT2D eigenvalue weighted by Crippen LogP contribution is -2.49. The van der Waals surface area contributed by atoms with Crippen LogP contribution in [0.3, 0.4) is 0 Å². The zero-order valence-electron chi connectivity index (χ0n) is 19.0. The largest absolute Gasteiger partial charge is 0.350 e. The van der Waals surface area contributed by atoms with Crippen LogP contribution in [0, 0.1) is 6.92 Å². The van der Waals surface area contributed by atoms with E-state index >= 15 is 0 Å². The van der Waals surface area contributed by atoms with Crippen molar-refractivity contribution in [2.24, 2.45) is 0 Å². The number of likely N-dealkylation sites (tertiary alicyclic amines) is 1. The number of benzene rings is 2. The molecule has 0 saturated carbocycles. The van der Waals surface area contributed by atoms with Crippen molar-refractivity contribution in [1.29, 1.82) is 0 Å². The topological polar surface area (TPSA) is 69.7 Å². The number of sulfonamides is 1. The Balaban J connectivity index is 1.73. The summed E-state index contributed by atoms with van der Waals surface area (Å²) in [7, 11) is -3.70. The third-order valence-electron chi connectivity index (χ3n) is 5.80. The second kappa shape index (κ2) is 10.7. The van der Waals surface area contributed by atoms with E-state index in [2.05, 4.69) is 22.3 Å². The molecule has 0 aliphatic carbocycles. The van der Waals surface area contributed by atoms with Crippen LogP contribution < -0.4 is 9.62 Å². The van der Waals surface area contributed by atoms with Gasteiger partial charge in [0.2, 0.25) is 15.9 Å². The van der Waals surface area contributed by atoms with Crippen LogP contribution in [0.4, 0.5) is 5.69 Å². The highest BCUT2D eigenvalue weighted by molar-refractivity contribution is 7.92. The van der Waals surface area contributed by atoms with Crippen LogP contribution in [-0.4, -0.2) is 44.6 Å². The number of hydrogen-bond donors (Lipinski definition) is 1. The third-order valence-corrected chi connectivity index (χ3v) is 7.39. The Kier molecular flexibility index (Phi) is 8.20. The lowest BCUT2D eigenvalue weighted by Gasteiger charge is -2.30. The monoisotopic (exact) mass is 477 g/mol. The van der Waals surface area contributed by atoms with Crippen LogP contribution in [0.15, 0.2) is 42.5 Å². The zero-order chi connectivity index (χ0) is 23.3. The minimum Gasteiger partial charge on any atom is -0.350 e. The molecule has 0 aromatic heterocycles. The van der Waals surface area contributed by atoms with Crippen molar-refractivity contribution in [3.63, 3.8) is 0 Å². The van der Waals surface area contributed by atoms with Crippen molar-refractivity contribution >= 4 is 33.2 Å². The van der Waals surface area contributed by atoms with Gasteiger partial charge in [-0.25, -0.2) is 8.42 Å². The molecule has 2 aromatic carbocycles. The maximum Gasteiger partial charge on any atom is 0.244 e. The predicted molar refractivity (Wildman–Crippen MR) is 130 cm³/mol. The lowest BCUT2D eigenvalue weighted by molar-refractivity contribution is -0.122. The van der Waals surface area contributed by atoms with E-state index in [9.17, 15) is 13.2 Å². The van der Waals surface area contributed by atoms with E-state index in [1.54, 1.807) is 25.1 Å². The second-order valence-corrected chi connectivity index (χ2v) is 10.7. The van der Waals surface area contributed by atoms with Gasteiger partial charge in [-0.2, -0.15) is 0 Å². The summed E-state index contributed by atoms with van der Waals surface area (Å²) in [4.78, 5) is 15.5. The number of carbonyl (C=O) groups is 1. The average Bonchev–Trinajstić information content (AvgIpc) is 3.25. The molecular formula is C24H32ClN3O3S. The first-order valence-corrected chi connectivity index (χ1v) is 13.2. The fourth-order valence-electron chi connectivity index (χ4n) is 4.12. The van der Waals surface area contributed by atoms with E-state index in [-0.39, 0.29) is 5.91 Å². The second-order valence-electron chi connectivity index (χ2n) is 8.44. The Morgan fingerprint density at radius 3 is 2.47 bits per heavy atom. The minimum absolute atomic E-state index is 0.333. The molecule has 1 aliphatic rings. The molecule has 2 aromatic rings. The van der Waals surface area contributed by atoms with Gasteiger partial charge in [-0.1, -0.05) is 48.9 Å². The smallest absolute Gasteiger partial charge is 0.244 e. The van der Waals surface area contributed by atoms with Crippen molar-refractivity contribution in [2.75, 3.05) is 23.7 Å². The Morgan fingerprint density at radius 2 is 1.84 bits per heavy atom. The fourth-order valence-corrected chi connectivity index (χ4v) is 5.50. The van der Waals surface area contributed by atoms with Gasteiger partial charge >= 0.3 is 0 Å². The Morgan fingerprint density at radius 1 is 1.16 bits per heavy atom. The molecule has 174 valence electrons. The fraction of sp³-hybridized carbons (Fsp3) is 0.458. The minimum atomic E-state index is -3.70. The number of carbonyl (C=O) groups excluding carboxylic acids is 1. The molecule has 32 heavy (non-hydrogen) atoms. The van der Waals surface area contributed by atoms with Gasteiger partial charge in [-0.15, -0.1) is 0 Å². The SMILES string of the molecule is CC[C@H](C(=O)NCc1cccc(CN2CCCC2)c1)N(c1ccc(C)c(Cl)c1)S(C)(=O)=O. The number of anilines is 1. The Hall–Kier alpha value is -2.09. The Bertz CT molecular complexity index is 1050. The van der Waals surface area contributed by atoms with E-state index in [4.69, 9.17) is 11.6 Å². The molecule has 0 bridgehead atoms. The summed E-state index contributed by atoms with van der Waals surface area (Å²) in [6, 6.07) is 12.3. The summed E-state index contributed by atoms with van der Waals surface area (Å²) in [6.07, 6.45) is 3.94. The highest BCUT2D eigenvalue weighted by Crippen LogP contribution is 2.27. The molecule has 1 heterocycles. The highest BCUT2D eigenvalue weighted by atomic mass is 35.5.